The molecule has 1 rings (SSSR count). The predicted molar refractivity (Wildman–Crippen MR) is 53.0 cm³/mol. The van der Waals surface area contributed by atoms with Crippen molar-refractivity contribution in [1.82, 2.24) is 5.32 Å². The van der Waals surface area contributed by atoms with Gasteiger partial charge in [-0.1, -0.05) is 0 Å². The molecule has 1 heterocycles. The van der Waals surface area contributed by atoms with Crippen molar-refractivity contribution in [3.05, 3.63) is 0 Å². The summed E-state index contributed by atoms with van der Waals surface area (Å²) in [5.41, 5.74) is -0.638. The molecule has 0 aliphatic carbocycles. The highest BCUT2D eigenvalue weighted by atomic mass is 16.5. The van der Waals surface area contributed by atoms with Crippen LogP contribution in [0.5, 0.6) is 0 Å². The Kier molecular flexibility index (Phi) is 3.50. The second-order valence-corrected chi connectivity index (χ2v) is 4.23. The molecular weight excluding hydrogens is 182 g/mol. The molecule has 0 spiro atoms. The van der Waals surface area contributed by atoms with Gasteiger partial charge in [0.25, 0.3) is 0 Å². The van der Waals surface area contributed by atoms with E-state index in [-0.39, 0.29) is 18.1 Å². The SMILES string of the molecule is COC(=O)C(C)(C)NC1CCOC1C. The molecule has 0 bridgehead atoms. The lowest BCUT2D eigenvalue weighted by Crippen LogP contribution is -2.53. The molecule has 0 amide bonds. The Balaban J connectivity index is 2.53. The van der Waals surface area contributed by atoms with Gasteiger partial charge in [0.05, 0.1) is 13.2 Å². The number of hydrogen-bond donors (Lipinski definition) is 1. The first-order chi connectivity index (χ1) is 6.47. The van der Waals surface area contributed by atoms with Crippen molar-refractivity contribution in [3.63, 3.8) is 0 Å². The molecule has 0 aromatic rings. The van der Waals surface area contributed by atoms with Gasteiger partial charge in [-0.3, -0.25) is 10.1 Å². The van der Waals surface area contributed by atoms with Crippen LogP contribution in [0.15, 0.2) is 0 Å². The van der Waals surface area contributed by atoms with Crippen LogP contribution in [0.3, 0.4) is 0 Å². The van der Waals surface area contributed by atoms with Gasteiger partial charge in [0, 0.05) is 12.6 Å². The monoisotopic (exact) mass is 201 g/mol. The van der Waals surface area contributed by atoms with Gasteiger partial charge in [0.15, 0.2) is 0 Å². The molecule has 1 saturated heterocycles. The average Bonchev–Trinajstić information content (AvgIpc) is 2.50. The lowest BCUT2D eigenvalue weighted by Gasteiger charge is -2.28. The number of esters is 1. The molecule has 0 aromatic carbocycles. The van der Waals surface area contributed by atoms with Crippen LogP contribution in [-0.4, -0.2) is 37.4 Å². The summed E-state index contributed by atoms with van der Waals surface area (Å²) in [7, 11) is 1.40. The zero-order valence-electron chi connectivity index (χ0n) is 9.29. The molecule has 0 saturated carbocycles. The van der Waals surface area contributed by atoms with Crippen LogP contribution in [0.1, 0.15) is 27.2 Å². The van der Waals surface area contributed by atoms with Crippen LogP contribution >= 0.6 is 0 Å². The van der Waals surface area contributed by atoms with Crippen molar-refractivity contribution in [1.29, 1.82) is 0 Å². The topological polar surface area (TPSA) is 47.6 Å². The Bertz CT molecular complexity index is 215. The van der Waals surface area contributed by atoms with Gasteiger partial charge in [0.2, 0.25) is 0 Å². The van der Waals surface area contributed by atoms with Gasteiger partial charge in [-0.25, -0.2) is 0 Å². The zero-order chi connectivity index (χ0) is 10.8. The minimum Gasteiger partial charge on any atom is -0.468 e. The number of hydrogen-bond acceptors (Lipinski definition) is 4. The molecular formula is C10H19NO3. The van der Waals surface area contributed by atoms with E-state index in [2.05, 4.69) is 5.32 Å². The molecule has 14 heavy (non-hydrogen) atoms. The first-order valence-corrected chi connectivity index (χ1v) is 4.95. The van der Waals surface area contributed by atoms with E-state index in [9.17, 15) is 4.79 Å². The lowest BCUT2D eigenvalue weighted by atomic mass is 10.0. The summed E-state index contributed by atoms with van der Waals surface area (Å²) in [5, 5.41) is 3.26. The van der Waals surface area contributed by atoms with Crippen LogP contribution in [0.4, 0.5) is 0 Å². The number of carbonyl (C=O) groups is 1. The Labute approximate surface area is 85.0 Å². The summed E-state index contributed by atoms with van der Waals surface area (Å²) >= 11 is 0. The number of rotatable bonds is 3. The second-order valence-electron chi connectivity index (χ2n) is 4.23. The van der Waals surface area contributed by atoms with E-state index in [1.54, 1.807) is 0 Å². The molecule has 4 heteroatoms. The Morgan fingerprint density at radius 1 is 1.57 bits per heavy atom. The third kappa shape index (κ3) is 2.45. The zero-order valence-corrected chi connectivity index (χ0v) is 9.29. The van der Waals surface area contributed by atoms with Gasteiger partial charge >= 0.3 is 5.97 Å². The van der Waals surface area contributed by atoms with E-state index in [0.717, 1.165) is 13.0 Å². The Morgan fingerprint density at radius 3 is 2.64 bits per heavy atom. The molecule has 2 unspecified atom stereocenters. The van der Waals surface area contributed by atoms with Crippen molar-refractivity contribution in [2.24, 2.45) is 0 Å². The minimum absolute atomic E-state index is 0.166. The summed E-state index contributed by atoms with van der Waals surface area (Å²) in [6.07, 6.45) is 1.11. The maximum Gasteiger partial charge on any atom is 0.325 e. The van der Waals surface area contributed by atoms with E-state index in [4.69, 9.17) is 9.47 Å². The molecule has 82 valence electrons. The number of nitrogens with one attached hydrogen (secondary N) is 1. The third-order valence-electron chi connectivity index (χ3n) is 2.62. The fraction of sp³-hybridized carbons (Fsp3) is 0.900. The summed E-state index contributed by atoms with van der Waals surface area (Å²) in [6, 6.07) is 0.240. The fourth-order valence-electron chi connectivity index (χ4n) is 1.70. The molecule has 1 aliphatic heterocycles. The highest BCUT2D eigenvalue weighted by molar-refractivity contribution is 5.79. The molecule has 0 radical (unpaired) electrons. The average molecular weight is 201 g/mol. The summed E-state index contributed by atoms with van der Waals surface area (Å²) < 4.78 is 10.1. The predicted octanol–water partition coefficient (Wildman–Crippen LogP) is 0.705. The number of methoxy groups -OCH3 is 1. The Hall–Kier alpha value is -0.610. The second kappa shape index (κ2) is 4.28. The third-order valence-corrected chi connectivity index (χ3v) is 2.62. The largest absolute Gasteiger partial charge is 0.468 e. The van der Waals surface area contributed by atoms with Crippen molar-refractivity contribution in [2.45, 2.75) is 44.9 Å². The van der Waals surface area contributed by atoms with Crippen LogP contribution < -0.4 is 5.32 Å². The number of carbonyl (C=O) groups excluding carboxylic acids is 1. The van der Waals surface area contributed by atoms with Gasteiger partial charge in [-0.2, -0.15) is 0 Å². The van der Waals surface area contributed by atoms with E-state index >= 15 is 0 Å². The molecule has 4 nitrogen and oxygen atoms in total. The highest BCUT2D eigenvalue weighted by Gasteiger charge is 2.35. The van der Waals surface area contributed by atoms with Gasteiger partial charge in [0.1, 0.15) is 5.54 Å². The lowest BCUT2D eigenvalue weighted by molar-refractivity contribution is -0.147. The maximum atomic E-state index is 11.4. The molecule has 0 aromatic heterocycles. The van der Waals surface area contributed by atoms with Crippen molar-refractivity contribution >= 4 is 5.97 Å². The molecule has 1 aliphatic rings. The van der Waals surface area contributed by atoms with E-state index in [1.807, 2.05) is 20.8 Å². The normalized spacial score (nSPS) is 27.7. The van der Waals surface area contributed by atoms with Gasteiger partial charge in [-0.05, 0) is 27.2 Å². The van der Waals surface area contributed by atoms with Crippen LogP contribution in [0, 0.1) is 0 Å². The first kappa shape index (κ1) is 11.5. The van der Waals surface area contributed by atoms with Gasteiger partial charge in [-0.15, -0.1) is 0 Å². The van der Waals surface area contributed by atoms with Crippen molar-refractivity contribution < 1.29 is 14.3 Å². The van der Waals surface area contributed by atoms with Crippen LogP contribution in [0.2, 0.25) is 0 Å². The van der Waals surface area contributed by atoms with Crippen molar-refractivity contribution in [3.8, 4) is 0 Å². The van der Waals surface area contributed by atoms with Gasteiger partial charge < -0.3 is 9.47 Å². The van der Waals surface area contributed by atoms with E-state index in [0.29, 0.717) is 0 Å². The summed E-state index contributed by atoms with van der Waals surface area (Å²) in [6.45, 7) is 6.42. The number of ether oxygens (including phenoxy) is 2. The quantitative estimate of drug-likeness (QED) is 0.683. The van der Waals surface area contributed by atoms with E-state index in [1.165, 1.54) is 7.11 Å². The summed E-state index contributed by atoms with van der Waals surface area (Å²) in [5.74, 6) is -0.239. The van der Waals surface area contributed by atoms with Crippen molar-refractivity contribution in [2.75, 3.05) is 13.7 Å². The minimum atomic E-state index is -0.638. The molecule has 2 atom stereocenters. The fourth-order valence-corrected chi connectivity index (χ4v) is 1.70. The highest BCUT2D eigenvalue weighted by Crippen LogP contribution is 2.17. The Morgan fingerprint density at radius 2 is 2.21 bits per heavy atom. The van der Waals surface area contributed by atoms with Crippen LogP contribution in [0.25, 0.3) is 0 Å². The van der Waals surface area contributed by atoms with E-state index < -0.39 is 5.54 Å². The standard InChI is InChI=1S/C10H19NO3/c1-7-8(5-6-14-7)11-10(2,3)9(12)13-4/h7-8,11H,5-6H2,1-4H3. The summed E-state index contributed by atoms with van der Waals surface area (Å²) in [4.78, 5) is 11.4. The van der Waals surface area contributed by atoms with Crippen LogP contribution in [-0.2, 0) is 14.3 Å². The smallest absolute Gasteiger partial charge is 0.325 e. The molecule has 1 N–H and O–H groups in total. The first-order valence-electron chi connectivity index (χ1n) is 4.95. The molecule has 1 fully saturated rings. The maximum absolute atomic E-state index is 11.4.